The number of hydrogen-bond acceptors (Lipinski definition) is 4. The lowest BCUT2D eigenvalue weighted by molar-refractivity contribution is -0.139. The summed E-state index contributed by atoms with van der Waals surface area (Å²) in [6, 6.07) is 14.4. The number of rotatable bonds is 7. The number of carbonyl (C=O) groups is 3. The van der Waals surface area contributed by atoms with E-state index in [1.807, 2.05) is 30.3 Å². The molecule has 7 nitrogen and oxygen atoms in total. The van der Waals surface area contributed by atoms with Crippen molar-refractivity contribution < 1.29 is 27.6 Å². The third kappa shape index (κ3) is 4.48. The Kier molecular flexibility index (Phi) is 5.95. The number of benzene rings is 2. The Morgan fingerprint density at radius 2 is 1.82 bits per heavy atom. The predicted molar refractivity (Wildman–Crippen MR) is 113 cm³/mol. The fourth-order valence-electron chi connectivity index (χ4n) is 3.77. The summed E-state index contributed by atoms with van der Waals surface area (Å²) in [6.07, 6.45) is 1.48. The second-order valence-electron chi connectivity index (χ2n) is 7.89. The van der Waals surface area contributed by atoms with Crippen LogP contribution in [0.5, 0.6) is 0 Å². The summed E-state index contributed by atoms with van der Waals surface area (Å²) in [5.41, 5.74) is -1.30. The molecule has 2 heterocycles. The van der Waals surface area contributed by atoms with Gasteiger partial charge in [0.2, 0.25) is 5.91 Å². The molecule has 1 unspecified atom stereocenters. The van der Waals surface area contributed by atoms with Crippen LogP contribution in [0.4, 0.5) is 13.6 Å². The fraction of sp³-hybridized carbons (Fsp3) is 0.208. The minimum absolute atomic E-state index is 0.125. The van der Waals surface area contributed by atoms with Crippen LogP contribution < -0.4 is 5.32 Å². The molecule has 33 heavy (non-hydrogen) atoms. The second-order valence-corrected chi connectivity index (χ2v) is 7.89. The minimum Gasteiger partial charge on any atom is -0.467 e. The smallest absolute Gasteiger partial charge is 0.325 e. The Hall–Kier alpha value is -4.01. The molecule has 0 saturated carbocycles. The lowest BCUT2D eigenvalue weighted by atomic mass is 9.91. The van der Waals surface area contributed by atoms with Gasteiger partial charge in [0.1, 0.15) is 29.5 Å². The lowest BCUT2D eigenvalue weighted by Crippen LogP contribution is -2.44. The van der Waals surface area contributed by atoms with Crippen LogP contribution in [0.25, 0.3) is 0 Å². The van der Waals surface area contributed by atoms with E-state index in [4.69, 9.17) is 4.42 Å². The molecule has 4 amide bonds. The average Bonchev–Trinajstić information content (AvgIpc) is 3.38. The van der Waals surface area contributed by atoms with Gasteiger partial charge < -0.3 is 14.6 Å². The van der Waals surface area contributed by atoms with Crippen molar-refractivity contribution in [2.45, 2.75) is 25.6 Å². The van der Waals surface area contributed by atoms with Gasteiger partial charge in [-0.15, -0.1) is 0 Å². The Morgan fingerprint density at radius 1 is 1.06 bits per heavy atom. The Bertz CT molecular complexity index is 1180. The molecule has 0 spiro atoms. The van der Waals surface area contributed by atoms with Crippen molar-refractivity contribution in [2.75, 3.05) is 6.54 Å². The maximum Gasteiger partial charge on any atom is 0.325 e. The van der Waals surface area contributed by atoms with Crippen LogP contribution in [-0.2, 0) is 28.2 Å². The Balaban J connectivity index is 1.56. The van der Waals surface area contributed by atoms with E-state index in [1.54, 1.807) is 12.1 Å². The highest BCUT2D eigenvalue weighted by atomic mass is 19.1. The van der Waals surface area contributed by atoms with Gasteiger partial charge in [-0.05, 0) is 42.8 Å². The van der Waals surface area contributed by atoms with Gasteiger partial charge in [-0.25, -0.2) is 13.6 Å². The summed E-state index contributed by atoms with van der Waals surface area (Å²) in [5.74, 6) is -2.42. The third-order valence-electron chi connectivity index (χ3n) is 5.53. The van der Waals surface area contributed by atoms with Crippen molar-refractivity contribution in [1.82, 2.24) is 15.1 Å². The van der Waals surface area contributed by atoms with Gasteiger partial charge >= 0.3 is 6.03 Å². The van der Waals surface area contributed by atoms with Crippen molar-refractivity contribution in [3.63, 3.8) is 0 Å². The zero-order valence-corrected chi connectivity index (χ0v) is 17.8. The molecule has 2 aromatic carbocycles. The van der Waals surface area contributed by atoms with Crippen molar-refractivity contribution in [3.8, 4) is 0 Å². The number of hydrogen-bond donors (Lipinski definition) is 1. The zero-order chi connectivity index (χ0) is 23.6. The molecule has 4 rings (SSSR count). The molecule has 1 aliphatic heterocycles. The van der Waals surface area contributed by atoms with Gasteiger partial charge in [0.15, 0.2) is 0 Å². The normalized spacial score (nSPS) is 17.8. The standard InChI is InChI=1S/C24H21F2N3O4/c1-24(19-12-17(25)9-10-20(19)26)22(31)29(23(32)27-24)15-21(30)28(14-18-8-5-11-33-18)13-16-6-3-2-4-7-16/h2-12H,13-15H2,1H3,(H,27,32). The van der Waals surface area contributed by atoms with Crippen molar-refractivity contribution in [1.29, 1.82) is 0 Å². The summed E-state index contributed by atoms with van der Waals surface area (Å²) in [7, 11) is 0. The minimum atomic E-state index is -1.84. The highest BCUT2D eigenvalue weighted by Crippen LogP contribution is 2.31. The molecule has 0 radical (unpaired) electrons. The highest BCUT2D eigenvalue weighted by molar-refractivity contribution is 6.09. The first-order valence-corrected chi connectivity index (χ1v) is 10.2. The van der Waals surface area contributed by atoms with Crippen LogP contribution in [0.1, 0.15) is 23.8 Å². The molecule has 9 heteroatoms. The van der Waals surface area contributed by atoms with Crippen molar-refractivity contribution in [2.24, 2.45) is 0 Å². The number of furan rings is 1. The van der Waals surface area contributed by atoms with Gasteiger partial charge in [-0.1, -0.05) is 30.3 Å². The Morgan fingerprint density at radius 3 is 2.52 bits per heavy atom. The fourth-order valence-corrected chi connectivity index (χ4v) is 3.77. The molecule has 1 atom stereocenters. The Labute approximate surface area is 188 Å². The van der Waals surface area contributed by atoms with Crippen LogP contribution >= 0.6 is 0 Å². The summed E-state index contributed by atoms with van der Waals surface area (Å²) < 4.78 is 33.4. The van der Waals surface area contributed by atoms with Crippen molar-refractivity contribution >= 4 is 17.8 Å². The molecular formula is C24H21F2N3O4. The summed E-state index contributed by atoms with van der Waals surface area (Å²) in [6.45, 7) is 1.06. The molecule has 1 saturated heterocycles. The average molecular weight is 453 g/mol. The van der Waals surface area contributed by atoms with E-state index in [1.165, 1.54) is 18.1 Å². The van der Waals surface area contributed by atoms with E-state index in [-0.39, 0.29) is 18.7 Å². The van der Waals surface area contributed by atoms with E-state index < -0.39 is 41.6 Å². The quantitative estimate of drug-likeness (QED) is 0.555. The largest absolute Gasteiger partial charge is 0.467 e. The number of carbonyl (C=O) groups excluding carboxylic acids is 3. The predicted octanol–water partition coefficient (Wildman–Crippen LogP) is 3.55. The van der Waals surface area contributed by atoms with Gasteiger partial charge in [0.05, 0.1) is 12.8 Å². The molecular weight excluding hydrogens is 432 g/mol. The molecule has 1 N–H and O–H groups in total. The first-order chi connectivity index (χ1) is 15.8. The molecule has 0 aliphatic carbocycles. The third-order valence-corrected chi connectivity index (χ3v) is 5.53. The monoisotopic (exact) mass is 453 g/mol. The number of urea groups is 1. The molecule has 170 valence electrons. The maximum absolute atomic E-state index is 14.4. The SMILES string of the molecule is CC1(c2cc(F)ccc2F)NC(=O)N(CC(=O)N(Cc2ccccc2)Cc2ccco2)C1=O. The molecule has 1 aromatic heterocycles. The number of nitrogens with one attached hydrogen (secondary N) is 1. The summed E-state index contributed by atoms with van der Waals surface area (Å²) in [4.78, 5) is 41.0. The maximum atomic E-state index is 14.4. The summed E-state index contributed by atoms with van der Waals surface area (Å²) >= 11 is 0. The van der Waals surface area contributed by atoms with E-state index in [2.05, 4.69) is 5.32 Å². The summed E-state index contributed by atoms with van der Waals surface area (Å²) in [5, 5.41) is 2.40. The number of imide groups is 1. The van der Waals surface area contributed by atoms with Crippen LogP contribution in [0.2, 0.25) is 0 Å². The van der Waals surface area contributed by atoms with Crippen LogP contribution in [0.15, 0.2) is 71.3 Å². The first kappa shape index (κ1) is 22.2. The van der Waals surface area contributed by atoms with Gasteiger partial charge in [0.25, 0.3) is 5.91 Å². The van der Waals surface area contributed by atoms with E-state index >= 15 is 0 Å². The second kappa shape index (κ2) is 8.85. The molecule has 1 fully saturated rings. The van der Waals surface area contributed by atoms with Gasteiger partial charge in [0, 0.05) is 12.1 Å². The van der Waals surface area contributed by atoms with Crippen LogP contribution in [-0.4, -0.2) is 34.2 Å². The lowest BCUT2D eigenvalue weighted by Gasteiger charge is -2.25. The number of nitrogens with zero attached hydrogens (tertiary/aromatic N) is 2. The van der Waals surface area contributed by atoms with Crippen molar-refractivity contribution in [3.05, 3.63) is 95.4 Å². The van der Waals surface area contributed by atoms with E-state index in [0.29, 0.717) is 10.7 Å². The molecule has 1 aliphatic rings. The number of amides is 4. The van der Waals surface area contributed by atoms with Crippen LogP contribution in [0.3, 0.4) is 0 Å². The first-order valence-electron chi connectivity index (χ1n) is 10.2. The van der Waals surface area contributed by atoms with Gasteiger partial charge in [-0.3, -0.25) is 14.5 Å². The van der Waals surface area contributed by atoms with Gasteiger partial charge in [-0.2, -0.15) is 0 Å². The van der Waals surface area contributed by atoms with E-state index in [0.717, 1.165) is 23.8 Å². The highest BCUT2D eigenvalue weighted by Gasteiger charge is 2.51. The topological polar surface area (TPSA) is 82.9 Å². The van der Waals surface area contributed by atoms with Crippen LogP contribution in [0, 0.1) is 11.6 Å². The number of halogens is 2. The molecule has 0 bridgehead atoms. The van der Waals surface area contributed by atoms with E-state index in [9.17, 15) is 23.2 Å². The zero-order valence-electron chi connectivity index (χ0n) is 17.8. The molecule has 3 aromatic rings.